The average Bonchev–Trinajstić information content (AvgIpc) is 2.51. The Morgan fingerprint density at radius 1 is 1.27 bits per heavy atom. The molecule has 2 fully saturated rings. The molecule has 0 unspecified atom stereocenters. The Balaban J connectivity index is 1.66. The fraction of sp³-hybridized carbons (Fsp3) is 0.667. The van der Waals surface area contributed by atoms with Crippen molar-refractivity contribution in [3.05, 3.63) is 23.9 Å². The van der Waals surface area contributed by atoms with Gasteiger partial charge in [-0.25, -0.2) is 4.98 Å². The van der Waals surface area contributed by atoms with E-state index < -0.39 is 23.4 Å². The highest BCUT2D eigenvalue weighted by atomic mass is 19.4. The maximum atomic E-state index is 12.5. The molecule has 0 saturated carbocycles. The lowest BCUT2D eigenvalue weighted by atomic mass is 9.82. The lowest BCUT2D eigenvalue weighted by Gasteiger charge is -2.47. The molecule has 2 aliphatic heterocycles. The van der Waals surface area contributed by atoms with E-state index in [4.69, 9.17) is 4.74 Å². The molecule has 3 heterocycles. The molecule has 2 aliphatic rings. The molecule has 122 valence electrons. The number of nitrogens with zero attached hydrogens (tertiary/aromatic N) is 2. The largest absolute Gasteiger partial charge is 0.417 e. The fourth-order valence-corrected chi connectivity index (χ4v) is 3.24. The predicted molar refractivity (Wildman–Crippen MR) is 74.6 cm³/mol. The fourth-order valence-electron chi connectivity index (χ4n) is 3.24. The summed E-state index contributed by atoms with van der Waals surface area (Å²) in [6.07, 6.45) is -1.01. The van der Waals surface area contributed by atoms with Gasteiger partial charge in [0.05, 0.1) is 17.3 Å². The summed E-state index contributed by atoms with van der Waals surface area (Å²) in [6.45, 7) is 1.90. The van der Waals surface area contributed by atoms with Crippen LogP contribution in [0.15, 0.2) is 18.3 Å². The van der Waals surface area contributed by atoms with E-state index in [1.54, 1.807) is 0 Å². The van der Waals surface area contributed by atoms with Crippen molar-refractivity contribution in [2.75, 3.05) is 24.6 Å². The second-order valence-corrected chi connectivity index (χ2v) is 5.96. The first-order valence-electron chi connectivity index (χ1n) is 7.51. The van der Waals surface area contributed by atoms with Crippen LogP contribution in [-0.4, -0.2) is 41.5 Å². The van der Waals surface area contributed by atoms with Gasteiger partial charge in [-0.05, 0) is 37.8 Å². The van der Waals surface area contributed by atoms with Gasteiger partial charge in [0.1, 0.15) is 5.82 Å². The topological polar surface area (TPSA) is 45.6 Å². The summed E-state index contributed by atoms with van der Waals surface area (Å²) in [5, 5.41) is 10.2. The Kier molecular flexibility index (Phi) is 4.03. The molecule has 2 saturated heterocycles. The Morgan fingerprint density at radius 2 is 2.00 bits per heavy atom. The van der Waals surface area contributed by atoms with Crippen LogP contribution in [0.2, 0.25) is 0 Å². The van der Waals surface area contributed by atoms with Crippen LogP contribution in [-0.2, 0) is 10.9 Å². The quantitative estimate of drug-likeness (QED) is 0.865. The van der Waals surface area contributed by atoms with Crippen LogP contribution >= 0.6 is 0 Å². The zero-order valence-corrected chi connectivity index (χ0v) is 12.1. The van der Waals surface area contributed by atoms with Crippen LogP contribution in [0.25, 0.3) is 0 Å². The molecular weight excluding hydrogens is 297 g/mol. The normalized spacial score (nSPS) is 25.5. The van der Waals surface area contributed by atoms with Crippen LogP contribution in [0.1, 0.15) is 31.2 Å². The second-order valence-electron chi connectivity index (χ2n) is 5.96. The molecule has 3 rings (SSSR count). The van der Waals surface area contributed by atoms with Gasteiger partial charge in [-0.15, -0.1) is 0 Å². The lowest BCUT2D eigenvalue weighted by Crippen LogP contribution is -2.55. The smallest absolute Gasteiger partial charge is 0.390 e. The molecule has 0 radical (unpaired) electrons. The van der Waals surface area contributed by atoms with Crippen LogP contribution < -0.4 is 4.90 Å². The monoisotopic (exact) mass is 316 g/mol. The van der Waals surface area contributed by atoms with Crippen molar-refractivity contribution in [3.8, 4) is 0 Å². The number of rotatable bonds is 1. The van der Waals surface area contributed by atoms with Gasteiger partial charge in [-0.2, -0.15) is 13.2 Å². The molecule has 7 heteroatoms. The van der Waals surface area contributed by atoms with Crippen molar-refractivity contribution < 1.29 is 23.0 Å². The number of pyridine rings is 1. The van der Waals surface area contributed by atoms with E-state index in [0.29, 0.717) is 38.4 Å². The highest BCUT2D eigenvalue weighted by Crippen LogP contribution is 2.36. The van der Waals surface area contributed by atoms with E-state index in [1.807, 2.05) is 4.90 Å². The lowest BCUT2D eigenvalue weighted by molar-refractivity contribution is -0.164. The highest BCUT2D eigenvalue weighted by molar-refractivity contribution is 5.40. The van der Waals surface area contributed by atoms with Crippen molar-refractivity contribution in [1.82, 2.24) is 4.98 Å². The molecule has 1 aromatic rings. The summed E-state index contributed by atoms with van der Waals surface area (Å²) in [6, 6.07) is 2.46. The minimum Gasteiger partial charge on any atom is -0.390 e. The molecule has 4 nitrogen and oxygen atoms in total. The number of halogens is 3. The first-order chi connectivity index (χ1) is 10.4. The number of hydrogen-bond acceptors (Lipinski definition) is 4. The van der Waals surface area contributed by atoms with E-state index in [9.17, 15) is 18.3 Å². The van der Waals surface area contributed by atoms with E-state index in [2.05, 4.69) is 4.98 Å². The molecule has 0 amide bonds. The number of aliphatic hydroxyl groups excluding tert-OH is 1. The summed E-state index contributed by atoms with van der Waals surface area (Å²) < 4.78 is 43.5. The van der Waals surface area contributed by atoms with E-state index >= 15 is 0 Å². The molecule has 22 heavy (non-hydrogen) atoms. The van der Waals surface area contributed by atoms with Gasteiger partial charge < -0.3 is 14.7 Å². The van der Waals surface area contributed by atoms with Gasteiger partial charge in [-0.3, -0.25) is 0 Å². The molecule has 1 spiro atoms. The third-order valence-electron chi connectivity index (χ3n) is 4.63. The third kappa shape index (κ3) is 2.92. The molecule has 1 atom stereocenters. The highest BCUT2D eigenvalue weighted by Gasteiger charge is 2.43. The first kappa shape index (κ1) is 15.6. The van der Waals surface area contributed by atoms with E-state index in [0.717, 1.165) is 25.1 Å². The van der Waals surface area contributed by atoms with Crippen LogP contribution in [0.3, 0.4) is 0 Å². The zero-order chi connectivity index (χ0) is 15.8. The summed E-state index contributed by atoms with van der Waals surface area (Å²) in [4.78, 5) is 5.86. The number of ether oxygens (including phenoxy) is 1. The Bertz CT molecular complexity index is 511. The molecular formula is C15H19F3N2O2. The van der Waals surface area contributed by atoms with Gasteiger partial charge in [-0.1, -0.05) is 0 Å². The standard InChI is InChI=1S/C15H19F3N2O2/c16-15(17,18)11-3-4-13(19-10-11)20-7-5-14(6-8-20)12(21)2-1-9-22-14/h3-4,10,12,21H,1-2,5-9H2/t12-/m0/s1. The van der Waals surface area contributed by atoms with Gasteiger partial charge >= 0.3 is 6.18 Å². The number of aromatic nitrogens is 1. The van der Waals surface area contributed by atoms with Crippen molar-refractivity contribution in [3.63, 3.8) is 0 Å². The second kappa shape index (κ2) is 5.70. The molecule has 0 aliphatic carbocycles. The summed E-state index contributed by atoms with van der Waals surface area (Å²) >= 11 is 0. The molecule has 0 aromatic carbocycles. The SMILES string of the molecule is O[C@H]1CCCOC12CCN(c1ccc(C(F)(F)F)cn1)CC2. The third-order valence-corrected chi connectivity index (χ3v) is 4.63. The van der Waals surface area contributed by atoms with Gasteiger partial charge in [0.2, 0.25) is 0 Å². The number of aliphatic hydroxyl groups is 1. The van der Waals surface area contributed by atoms with E-state index in [-0.39, 0.29) is 0 Å². The van der Waals surface area contributed by atoms with Crippen LogP contribution in [0.5, 0.6) is 0 Å². The molecule has 0 bridgehead atoms. The zero-order valence-electron chi connectivity index (χ0n) is 12.1. The summed E-state index contributed by atoms with van der Waals surface area (Å²) in [7, 11) is 0. The summed E-state index contributed by atoms with van der Waals surface area (Å²) in [5.41, 5.74) is -1.23. The average molecular weight is 316 g/mol. The molecule has 1 N–H and O–H groups in total. The minimum atomic E-state index is -4.36. The first-order valence-corrected chi connectivity index (χ1v) is 7.51. The van der Waals surface area contributed by atoms with E-state index in [1.165, 1.54) is 6.07 Å². The Morgan fingerprint density at radius 3 is 2.55 bits per heavy atom. The van der Waals surface area contributed by atoms with Crippen LogP contribution in [0.4, 0.5) is 19.0 Å². The maximum Gasteiger partial charge on any atom is 0.417 e. The van der Waals surface area contributed by atoms with Crippen molar-refractivity contribution >= 4 is 5.82 Å². The van der Waals surface area contributed by atoms with Crippen molar-refractivity contribution in [2.45, 2.75) is 43.6 Å². The predicted octanol–water partition coefficient (Wildman–Crippen LogP) is 2.61. The minimum absolute atomic E-state index is 0.455. The van der Waals surface area contributed by atoms with Gasteiger partial charge in [0.15, 0.2) is 0 Å². The maximum absolute atomic E-state index is 12.5. The van der Waals surface area contributed by atoms with Crippen molar-refractivity contribution in [1.29, 1.82) is 0 Å². The summed E-state index contributed by atoms with van der Waals surface area (Å²) in [5.74, 6) is 0.535. The number of piperidine rings is 1. The number of hydrogen-bond donors (Lipinski definition) is 1. The van der Waals surface area contributed by atoms with Crippen molar-refractivity contribution in [2.24, 2.45) is 0 Å². The Hall–Kier alpha value is -1.34. The molecule has 1 aromatic heterocycles. The number of anilines is 1. The van der Waals surface area contributed by atoms with Gasteiger partial charge in [0, 0.05) is 25.9 Å². The number of alkyl halides is 3. The van der Waals surface area contributed by atoms with Gasteiger partial charge in [0.25, 0.3) is 0 Å². The van der Waals surface area contributed by atoms with Crippen LogP contribution in [0, 0.1) is 0 Å². The Labute approximate surface area is 126 Å².